The van der Waals surface area contributed by atoms with Gasteiger partial charge in [0, 0.05) is 42.8 Å². The number of aromatic nitrogens is 1. The fourth-order valence-electron chi connectivity index (χ4n) is 2.90. The highest BCUT2D eigenvalue weighted by atomic mass is 16.2. The van der Waals surface area contributed by atoms with Gasteiger partial charge in [-0.2, -0.15) is 0 Å². The van der Waals surface area contributed by atoms with E-state index >= 15 is 0 Å². The topological polar surface area (TPSA) is 48.1 Å². The van der Waals surface area contributed by atoms with Crippen molar-refractivity contribution in [1.29, 1.82) is 0 Å². The third-order valence-corrected chi connectivity index (χ3v) is 4.07. The number of aromatic amines is 1. The van der Waals surface area contributed by atoms with Crippen LogP contribution in [0.5, 0.6) is 0 Å². The Morgan fingerprint density at radius 3 is 2.75 bits per heavy atom. The summed E-state index contributed by atoms with van der Waals surface area (Å²) in [6.07, 6.45) is 0.495. The summed E-state index contributed by atoms with van der Waals surface area (Å²) in [5, 5.41) is 4.46. The fourth-order valence-corrected chi connectivity index (χ4v) is 2.90. The lowest BCUT2D eigenvalue weighted by Gasteiger charge is -2.27. The molecule has 4 heteroatoms. The summed E-state index contributed by atoms with van der Waals surface area (Å²) in [5.41, 5.74) is 4.60. The standard InChI is InChI=1S/C16H21N3O/c1-11-3-4-15-14(9-11)13(12(2)18-15)10-16(20)19-7-5-17-6-8-19/h3-4,9,17-18H,5-8,10H2,1-2H3. The van der Waals surface area contributed by atoms with Gasteiger partial charge in [0.1, 0.15) is 0 Å². The smallest absolute Gasteiger partial charge is 0.227 e. The van der Waals surface area contributed by atoms with Crippen LogP contribution in [0, 0.1) is 13.8 Å². The molecule has 4 nitrogen and oxygen atoms in total. The van der Waals surface area contributed by atoms with Crippen LogP contribution in [0.3, 0.4) is 0 Å². The van der Waals surface area contributed by atoms with Crippen LogP contribution in [0.1, 0.15) is 16.8 Å². The van der Waals surface area contributed by atoms with Crippen LogP contribution < -0.4 is 5.32 Å². The lowest BCUT2D eigenvalue weighted by molar-refractivity contribution is -0.131. The molecule has 0 radical (unpaired) electrons. The molecule has 2 N–H and O–H groups in total. The predicted molar refractivity (Wildman–Crippen MR) is 80.9 cm³/mol. The minimum atomic E-state index is 0.233. The zero-order valence-corrected chi connectivity index (χ0v) is 12.1. The summed E-state index contributed by atoms with van der Waals surface area (Å²) in [6.45, 7) is 7.58. The first-order chi connectivity index (χ1) is 9.65. The number of piperazine rings is 1. The molecule has 3 rings (SSSR count). The number of fused-ring (bicyclic) bond motifs is 1. The Labute approximate surface area is 119 Å². The van der Waals surface area contributed by atoms with E-state index in [2.05, 4.69) is 42.3 Å². The second-order valence-corrected chi connectivity index (χ2v) is 5.59. The van der Waals surface area contributed by atoms with Crippen molar-refractivity contribution in [2.24, 2.45) is 0 Å². The molecule has 106 valence electrons. The summed E-state index contributed by atoms with van der Waals surface area (Å²) in [6, 6.07) is 6.36. The fraction of sp³-hybridized carbons (Fsp3) is 0.438. The van der Waals surface area contributed by atoms with Crippen molar-refractivity contribution in [2.45, 2.75) is 20.3 Å². The first-order valence-electron chi connectivity index (χ1n) is 7.21. The van der Waals surface area contributed by atoms with E-state index < -0.39 is 0 Å². The normalized spacial score (nSPS) is 15.8. The average Bonchev–Trinajstić information content (AvgIpc) is 2.76. The number of aryl methyl sites for hydroxylation is 2. The highest BCUT2D eigenvalue weighted by Gasteiger charge is 2.19. The van der Waals surface area contributed by atoms with E-state index in [0.29, 0.717) is 6.42 Å². The van der Waals surface area contributed by atoms with Gasteiger partial charge in [-0.1, -0.05) is 11.6 Å². The Morgan fingerprint density at radius 1 is 1.25 bits per heavy atom. The number of amides is 1. The maximum atomic E-state index is 12.4. The van der Waals surface area contributed by atoms with Crippen molar-refractivity contribution < 1.29 is 4.79 Å². The SMILES string of the molecule is Cc1ccc2[nH]c(C)c(CC(=O)N3CCNCC3)c2c1. The largest absolute Gasteiger partial charge is 0.358 e. The second-order valence-electron chi connectivity index (χ2n) is 5.59. The minimum absolute atomic E-state index is 0.233. The molecule has 1 aliphatic heterocycles. The van der Waals surface area contributed by atoms with E-state index in [1.807, 2.05) is 4.90 Å². The van der Waals surface area contributed by atoms with Crippen molar-refractivity contribution in [2.75, 3.05) is 26.2 Å². The second kappa shape index (κ2) is 5.29. The number of nitrogens with one attached hydrogen (secondary N) is 2. The molecule has 0 unspecified atom stereocenters. The highest BCUT2D eigenvalue weighted by molar-refractivity contribution is 5.90. The van der Waals surface area contributed by atoms with Crippen LogP contribution in [0.2, 0.25) is 0 Å². The van der Waals surface area contributed by atoms with Crippen LogP contribution in [0.15, 0.2) is 18.2 Å². The maximum absolute atomic E-state index is 12.4. The van der Waals surface area contributed by atoms with Gasteiger partial charge >= 0.3 is 0 Å². The number of hydrogen-bond acceptors (Lipinski definition) is 2. The molecule has 1 amide bonds. The summed E-state index contributed by atoms with van der Waals surface area (Å²) < 4.78 is 0. The zero-order valence-electron chi connectivity index (χ0n) is 12.1. The Hall–Kier alpha value is -1.81. The van der Waals surface area contributed by atoms with Gasteiger partial charge in [0.05, 0.1) is 6.42 Å². The van der Waals surface area contributed by atoms with Crippen LogP contribution in [0.4, 0.5) is 0 Å². The van der Waals surface area contributed by atoms with Crippen LogP contribution in [-0.4, -0.2) is 42.0 Å². The number of rotatable bonds is 2. The van der Waals surface area contributed by atoms with Gasteiger partial charge in [-0.05, 0) is 31.5 Å². The number of carbonyl (C=O) groups is 1. The van der Waals surface area contributed by atoms with E-state index in [-0.39, 0.29) is 5.91 Å². The van der Waals surface area contributed by atoms with Crippen molar-refractivity contribution in [3.8, 4) is 0 Å². The van der Waals surface area contributed by atoms with E-state index in [1.54, 1.807) is 0 Å². The lowest BCUT2D eigenvalue weighted by atomic mass is 10.0. The third kappa shape index (κ3) is 2.43. The van der Waals surface area contributed by atoms with Crippen LogP contribution >= 0.6 is 0 Å². The van der Waals surface area contributed by atoms with E-state index in [4.69, 9.17) is 0 Å². The van der Waals surface area contributed by atoms with Crippen LogP contribution in [0.25, 0.3) is 10.9 Å². The number of carbonyl (C=O) groups excluding carboxylic acids is 1. The Morgan fingerprint density at radius 2 is 2.00 bits per heavy atom. The third-order valence-electron chi connectivity index (χ3n) is 4.07. The molecule has 0 spiro atoms. The first-order valence-corrected chi connectivity index (χ1v) is 7.21. The van der Waals surface area contributed by atoms with E-state index in [1.165, 1.54) is 10.9 Å². The molecule has 0 atom stereocenters. The summed E-state index contributed by atoms with van der Waals surface area (Å²) in [7, 11) is 0. The lowest BCUT2D eigenvalue weighted by Crippen LogP contribution is -2.46. The molecule has 1 fully saturated rings. The van der Waals surface area contributed by atoms with Crippen LogP contribution in [-0.2, 0) is 11.2 Å². The summed E-state index contributed by atoms with van der Waals surface area (Å²) >= 11 is 0. The quantitative estimate of drug-likeness (QED) is 0.874. The number of benzene rings is 1. The highest BCUT2D eigenvalue weighted by Crippen LogP contribution is 2.24. The molecule has 1 aromatic heterocycles. The monoisotopic (exact) mass is 271 g/mol. The van der Waals surface area contributed by atoms with Gasteiger partial charge in [0.15, 0.2) is 0 Å². The Balaban J connectivity index is 1.88. The summed E-state index contributed by atoms with van der Waals surface area (Å²) in [4.78, 5) is 17.8. The molecule has 0 saturated carbocycles. The maximum Gasteiger partial charge on any atom is 0.227 e. The molecule has 20 heavy (non-hydrogen) atoms. The van der Waals surface area contributed by atoms with Gasteiger partial charge in [-0.3, -0.25) is 4.79 Å². The van der Waals surface area contributed by atoms with Gasteiger partial charge < -0.3 is 15.2 Å². The molecule has 0 bridgehead atoms. The minimum Gasteiger partial charge on any atom is -0.358 e. The number of nitrogens with zero attached hydrogens (tertiary/aromatic N) is 1. The van der Waals surface area contributed by atoms with E-state index in [0.717, 1.165) is 43.0 Å². The average molecular weight is 271 g/mol. The zero-order chi connectivity index (χ0) is 14.1. The molecular weight excluding hydrogens is 250 g/mol. The molecule has 2 heterocycles. The van der Waals surface area contributed by atoms with Crippen molar-refractivity contribution in [3.05, 3.63) is 35.0 Å². The van der Waals surface area contributed by atoms with E-state index in [9.17, 15) is 4.79 Å². The van der Waals surface area contributed by atoms with Gasteiger partial charge in [-0.25, -0.2) is 0 Å². The van der Waals surface area contributed by atoms with Gasteiger partial charge in [0.2, 0.25) is 5.91 Å². The number of hydrogen-bond donors (Lipinski definition) is 2. The first kappa shape index (κ1) is 13.2. The molecule has 1 aromatic carbocycles. The summed E-state index contributed by atoms with van der Waals surface area (Å²) in [5.74, 6) is 0.233. The van der Waals surface area contributed by atoms with Crippen molar-refractivity contribution >= 4 is 16.8 Å². The van der Waals surface area contributed by atoms with Crippen molar-refractivity contribution in [1.82, 2.24) is 15.2 Å². The van der Waals surface area contributed by atoms with Gasteiger partial charge in [0.25, 0.3) is 0 Å². The van der Waals surface area contributed by atoms with Crippen molar-refractivity contribution in [3.63, 3.8) is 0 Å². The Kier molecular flexibility index (Phi) is 3.49. The Bertz CT molecular complexity index is 638. The molecular formula is C16H21N3O. The molecule has 1 aliphatic rings. The number of H-pyrrole nitrogens is 1. The molecule has 0 aliphatic carbocycles. The molecule has 2 aromatic rings. The predicted octanol–water partition coefficient (Wildman–Crippen LogP) is 1.76. The van der Waals surface area contributed by atoms with Gasteiger partial charge in [-0.15, -0.1) is 0 Å². The molecule has 1 saturated heterocycles.